The molecule has 0 radical (unpaired) electrons. The number of aliphatic hydroxyl groups is 2. The van der Waals surface area contributed by atoms with Gasteiger partial charge in [-0.15, -0.1) is 0 Å². The molecule has 0 saturated heterocycles. The number of fused-ring (bicyclic) bond motifs is 3. The highest BCUT2D eigenvalue weighted by Crippen LogP contribution is 2.31. The van der Waals surface area contributed by atoms with E-state index < -0.39 is 0 Å². The maximum absolute atomic E-state index is 7.62. The van der Waals surface area contributed by atoms with Gasteiger partial charge in [-0.05, 0) is 43.0 Å². The van der Waals surface area contributed by atoms with E-state index >= 15 is 0 Å². The molecule has 4 aromatic rings. The van der Waals surface area contributed by atoms with E-state index in [1.807, 2.05) is 38.5 Å². The maximum Gasteiger partial charge on any atom is 0.213 e. The zero-order chi connectivity index (χ0) is 22.2. The summed E-state index contributed by atoms with van der Waals surface area (Å²) in [5.41, 5.74) is 4.67. The summed E-state index contributed by atoms with van der Waals surface area (Å²) < 4.78 is 8.07. The molecule has 0 unspecified atom stereocenters. The van der Waals surface area contributed by atoms with Crippen LogP contribution < -0.4 is 4.74 Å². The molecule has 0 aliphatic heterocycles. The van der Waals surface area contributed by atoms with Gasteiger partial charge in [-0.1, -0.05) is 26.0 Å². The van der Waals surface area contributed by atoms with Crippen molar-refractivity contribution in [1.29, 1.82) is 0 Å². The quantitative estimate of drug-likeness (QED) is 0.498. The number of benzene rings is 1. The molecule has 3 heterocycles. The largest absolute Gasteiger partial charge is 0.474 e. The van der Waals surface area contributed by atoms with Crippen molar-refractivity contribution in [3.8, 4) is 17.0 Å². The Morgan fingerprint density at radius 1 is 0.935 bits per heavy atom. The third kappa shape index (κ3) is 5.03. The Hall–Kier alpha value is -2.96. The van der Waals surface area contributed by atoms with Crippen molar-refractivity contribution in [2.45, 2.75) is 39.2 Å². The number of aromatic nitrogens is 3. The summed E-state index contributed by atoms with van der Waals surface area (Å²) in [6.07, 6.45) is 9.60. The predicted octanol–water partition coefficient (Wildman–Crippen LogP) is 4.72. The smallest absolute Gasteiger partial charge is 0.213 e. The molecule has 0 bridgehead atoms. The van der Waals surface area contributed by atoms with E-state index in [-0.39, 0.29) is 13.2 Å². The molecular weight excluding hydrogens is 390 g/mol. The Bertz CT molecular complexity index is 1100. The highest BCUT2D eigenvalue weighted by atomic mass is 16.5. The number of aryl methyl sites for hydroxylation is 1. The summed E-state index contributed by atoms with van der Waals surface area (Å²) in [6.45, 7) is 3.75. The minimum Gasteiger partial charge on any atom is -0.474 e. The van der Waals surface area contributed by atoms with Gasteiger partial charge >= 0.3 is 0 Å². The lowest BCUT2D eigenvalue weighted by Gasteiger charge is -2.25. The molecule has 1 aromatic carbocycles. The molecule has 0 atom stereocenters. The van der Waals surface area contributed by atoms with Crippen LogP contribution in [0.25, 0.3) is 32.9 Å². The number of ether oxygens (including phenoxy) is 1. The second-order valence-electron chi connectivity index (χ2n) is 7.19. The molecule has 6 nitrogen and oxygen atoms in total. The number of aliphatic hydroxyl groups excluding tert-OH is 2. The lowest BCUT2D eigenvalue weighted by molar-refractivity contribution is 0.114. The van der Waals surface area contributed by atoms with Crippen LogP contribution in [0.5, 0.6) is 5.88 Å². The first-order valence-electron chi connectivity index (χ1n) is 10.9. The molecule has 31 heavy (non-hydrogen) atoms. The lowest BCUT2D eigenvalue weighted by atomic mass is 9.96. The monoisotopic (exact) mass is 421 g/mol. The van der Waals surface area contributed by atoms with Crippen LogP contribution >= 0.6 is 0 Å². The van der Waals surface area contributed by atoms with Crippen molar-refractivity contribution < 1.29 is 14.9 Å². The fourth-order valence-corrected chi connectivity index (χ4v) is 3.51. The zero-order valence-electron chi connectivity index (χ0n) is 18.5. The Balaban J connectivity index is 0.000000411. The molecule has 1 saturated carbocycles. The van der Waals surface area contributed by atoms with E-state index in [1.165, 1.54) is 28.2 Å². The highest BCUT2D eigenvalue weighted by Gasteiger charge is 2.19. The summed E-state index contributed by atoms with van der Waals surface area (Å²) in [7, 11) is 2.10. The minimum absolute atomic E-state index is 0.125. The maximum atomic E-state index is 7.62. The molecule has 1 aliphatic rings. The third-order valence-corrected chi connectivity index (χ3v) is 5.32. The van der Waals surface area contributed by atoms with E-state index in [1.54, 1.807) is 0 Å². The van der Waals surface area contributed by atoms with Crippen LogP contribution in [0.3, 0.4) is 0 Å². The third-order valence-electron chi connectivity index (χ3n) is 5.32. The first-order valence-corrected chi connectivity index (χ1v) is 10.9. The van der Waals surface area contributed by atoms with Crippen LogP contribution in [0.15, 0.2) is 55.0 Å². The minimum atomic E-state index is -0.125. The van der Waals surface area contributed by atoms with Gasteiger partial charge in [0.25, 0.3) is 0 Å². The summed E-state index contributed by atoms with van der Waals surface area (Å²) >= 11 is 0. The number of hydrogen-bond donors (Lipinski definition) is 2. The molecule has 0 amide bonds. The van der Waals surface area contributed by atoms with E-state index in [2.05, 4.69) is 51.9 Å². The average Bonchev–Trinajstić information content (AvgIpc) is 3.10. The second kappa shape index (κ2) is 10.9. The zero-order valence-corrected chi connectivity index (χ0v) is 18.5. The predicted molar refractivity (Wildman–Crippen MR) is 125 cm³/mol. The van der Waals surface area contributed by atoms with Gasteiger partial charge in [0.05, 0.1) is 18.7 Å². The van der Waals surface area contributed by atoms with Gasteiger partial charge in [0.1, 0.15) is 6.10 Å². The summed E-state index contributed by atoms with van der Waals surface area (Å²) in [4.78, 5) is 8.75. The number of nitrogens with zero attached hydrogens (tertiary/aromatic N) is 3. The van der Waals surface area contributed by atoms with E-state index in [0.717, 1.165) is 29.8 Å². The van der Waals surface area contributed by atoms with Crippen molar-refractivity contribution in [1.82, 2.24) is 14.5 Å². The first kappa shape index (κ1) is 22.7. The molecule has 6 heteroatoms. The highest BCUT2D eigenvalue weighted by molar-refractivity contribution is 6.08. The summed E-state index contributed by atoms with van der Waals surface area (Å²) in [6, 6.07) is 12.7. The Labute approximate surface area is 183 Å². The van der Waals surface area contributed by atoms with Crippen molar-refractivity contribution in [2.75, 3.05) is 13.2 Å². The lowest BCUT2D eigenvalue weighted by Crippen LogP contribution is -2.24. The van der Waals surface area contributed by atoms with Gasteiger partial charge < -0.3 is 19.5 Å². The fourth-order valence-electron chi connectivity index (χ4n) is 3.51. The molecule has 2 N–H and O–H groups in total. The molecule has 1 fully saturated rings. The van der Waals surface area contributed by atoms with Crippen LogP contribution in [-0.4, -0.2) is 44.1 Å². The number of pyridine rings is 2. The van der Waals surface area contributed by atoms with Crippen molar-refractivity contribution in [3.05, 3.63) is 55.0 Å². The Morgan fingerprint density at radius 3 is 2.29 bits per heavy atom. The van der Waals surface area contributed by atoms with Crippen LogP contribution in [0.2, 0.25) is 0 Å². The molecule has 164 valence electrons. The Kier molecular flexibility index (Phi) is 7.98. The van der Waals surface area contributed by atoms with Gasteiger partial charge in [-0.25, -0.2) is 4.98 Å². The van der Waals surface area contributed by atoms with E-state index in [0.29, 0.717) is 6.10 Å². The topological polar surface area (TPSA) is 80.4 Å². The van der Waals surface area contributed by atoms with Crippen molar-refractivity contribution in [2.24, 2.45) is 7.05 Å². The molecule has 0 spiro atoms. The molecule has 5 rings (SSSR count). The normalized spacial score (nSPS) is 13.1. The van der Waals surface area contributed by atoms with Gasteiger partial charge in [0, 0.05) is 53.6 Å². The summed E-state index contributed by atoms with van der Waals surface area (Å²) in [5.74, 6) is 0.727. The average molecular weight is 422 g/mol. The van der Waals surface area contributed by atoms with Gasteiger partial charge in [-0.2, -0.15) is 0 Å². The van der Waals surface area contributed by atoms with Gasteiger partial charge in [-0.3, -0.25) is 4.98 Å². The fraction of sp³-hybridized carbons (Fsp3) is 0.360. The van der Waals surface area contributed by atoms with Gasteiger partial charge in [0.15, 0.2) is 0 Å². The van der Waals surface area contributed by atoms with E-state index in [9.17, 15) is 0 Å². The van der Waals surface area contributed by atoms with Gasteiger partial charge in [0.2, 0.25) is 5.88 Å². The number of hydrogen-bond acceptors (Lipinski definition) is 5. The molecule has 3 aromatic heterocycles. The first-order chi connectivity index (χ1) is 15.2. The standard InChI is InChI=1S/C21H19N3O.C2H6O2.C2H6/c1-24-19-9-10-22-13-18(19)17-7-5-14(11-20(17)24)15-6-8-21(23-12-15)25-16-3-2-4-16;3-1-2-4;1-2/h5-13,16H,2-4H2,1H3;3-4H,1-2H2;1-2H3. The van der Waals surface area contributed by atoms with Crippen molar-refractivity contribution in [3.63, 3.8) is 0 Å². The SMILES string of the molecule is CC.Cn1c2ccncc2c2ccc(-c3ccc(OC4CCC4)nc3)cc21.OCCO. The van der Waals surface area contributed by atoms with Crippen LogP contribution in [0.1, 0.15) is 33.1 Å². The van der Waals surface area contributed by atoms with Crippen LogP contribution in [-0.2, 0) is 7.05 Å². The van der Waals surface area contributed by atoms with E-state index in [4.69, 9.17) is 14.9 Å². The van der Waals surface area contributed by atoms with Crippen LogP contribution in [0.4, 0.5) is 0 Å². The molecular formula is C25H31N3O3. The Morgan fingerprint density at radius 2 is 1.68 bits per heavy atom. The van der Waals surface area contributed by atoms with Crippen LogP contribution in [0, 0.1) is 0 Å². The number of rotatable bonds is 4. The summed E-state index contributed by atoms with van der Waals surface area (Å²) in [5, 5.41) is 17.7. The molecule has 1 aliphatic carbocycles. The van der Waals surface area contributed by atoms with Crippen molar-refractivity contribution >= 4 is 21.8 Å². The second-order valence-corrected chi connectivity index (χ2v) is 7.19.